The van der Waals surface area contributed by atoms with Gasteiger partial charge < -0.3 is 20.5 Å². The second kappa shape index (κ2) is 13.9. The number of anilines is 2. The first-order valence-corrected chi connectivity index (χ1v) is 14.8. The molecule has 2 heterocycles. The molecule has 2 aromatic heterocycles. The van der Waals surface area contributed by atoms with Crippen LogP contribution < -0.4 is 16.0 Å². The highest BCUT2D eigenvalue weighted by atomic mass is 35.5. The molecular formula is C32H34ClF3N6O. The van der Waals surface area contributed by atoms with Crippen LogP contribution in [-0.4, -0.2) is 26.5 Å². The summed E-state index contributed by atoms with van der Waals surface area (Å²) in [4.78, 5) is 22.9. The maximum Gasteiger partial charge on any atom is 0.416 e. The van der Waals surface area contributed by atoms with E-state index in [9.17, 15) is 18.0 Å². The Hall–Kier alpha value is -4.05. The number of nitrogens with one attached hydrogen (secondary N) is 3. The van der Waals surface area contributed by atoms with Crippen molar-refractivity contribution in [1.29, 1.82) is 0 Å². The van der Waals surface area contributed by atoms with Crippen molar-refractivity contribution in [3.05, 3.63) is 101 Å². The van der Waals surface area contributed by atoms with Crippen LogP contribution >= 0.6 is 11.6 Å². The van der Waals surface area contributed by atoms with Crippen molar-refractivity contribution in [1.82, 2.24) is 19.9 Å². The lowest BCUT2D eigenvalue weighted by atomic mass is 9.84. The smallest absolute Gasteiger partial charge is 0.358 e. The molecule has 1 aliphatic rings. The molecule has 0 unspecified atom stereocenters. The first-order valence-electron chi connectivity index (χ1n) is 14.4. The Labute approximate surface area is 253 Å². The van der Waals surface area contributed by atoms with Gasteiger partial charge in [-0.05, 0) is 59.9 Å². The summed E-state index contributed by atoms with van der Waals surface area (Å²) < 4.78 is 40.8. The molecule has 5 rings (SSSR count). The van der Waals surface area contributed by atoms with Crippen molar-refractivity contribution in [3.8, 4) is 5.82 Å². The number of nitrogens with zero attached hydrogens (tertiary/aromatic N) is 3. The van der Waals surface area contributed by atoms with Gasteiger partial charge >= 0.3 is 6.18 Å². The fourth-order valence-corrected chi connectivity index (χ4v) is 5.54. The number of hydrogen-bond acceptors (Lipinski definition) is 5. The molecule has 1 aliphatic carbocycles. The maximum absolute atomic E-state index is 13.5. The van der Waals surface area contributed by atoms with Crippen molar-refractivity contribution in [3.63, 3.8) is 0 Å². The topological polar surface area (TPSA) is 83.9 Å². The Balaban J connectivity index is 1.34. The quantitative estimate of drug-likeness (QED) is 0.163. The van der Waals surface area contributed by atoms with Crippen molar-refractivity contribution in [2.24, 2.45) is 5.92 Å². The normalized spacial score (nSPS) is 14.7. The third-order valence-corrected chi connectivity index (χ3v) is 7.84. The first-order chi connectivity index (χ1) is 20.7. The Morgan fingerprint density at radius 3 is 2.37 bits per heavy atom. The van der Waals surface area contributed by atoms with Gasteiger partial charge in [-0.3, -0.25) is 4.79 Å². The van der Waals surface area contributed by atoms with Gasteiger partial charge in [0.1, 0.15) is 17.7 Å². The van der Waals surface area contributed by atoms with E-state index >= 15 is 0 Å². The molecule has 43 heavy (non-hydrogen) atoms. The van der Waals surface area contributed by atoms with Crippen LogP contribution in [0.25, 0.3) is 5.82 Å². The number of hydrogen-bond donors (Lipinski definition) is 3. The van der Waals surface area contributed by atoms with Crippen LogP contribution in [0.3, 0.4) is 0 Å². The van der Waals surface area contributed by atoms with Crippen molar-refractivity contribution in [2.75, 3.05) is 10.6 Å². The number of halogens is 4. The van der Waals surface area contributed by atoms with E-state index in [1.54, 1.807) is 6.07 Å². The molecule has 1 amide bonds. The average molecular weight is 611 g/mol. The van der Waals surface area contributed by atoms with Gasteiger partial charge in [0.05, 0.1) is 5.56 Å². The largest absolute Gasteiger partial charge is 0.416 e. The predicted octanol–water partition coefficient (Wildman–Crippen LogP) is 7.62. The molecule has 0 bridgehead atoms. The van der Waals surface area contributed by atoms with E-state index in [2.05, 4.69) is 25.9 Å². The van der Waals surface area contributed by atoms with Crippen LogP contribution in [0.1, 0.15) is 55.2 Å². The minimum absolute atomic E-state index is 0.116. The number of amides is 1. The second-order valence-corrected chi connectivity index (χ2v) is 11.3. The maximum atomic E-state index is 13.5. The predicted molar refractivity (Wildman–Crippen MR) is 162 cm³/mol. The number of carbonyl (C=O) groups excluding carboxylic acids is 1. The van der Waals surface area contributed by atoms with Crippen molar-refractivity contribution in [2.45, 2.75) is 63.8 Å². The zero-order chi connectivity index (χ0) is 30.2. The summed E-state index contributed by atoms with van der Waals surface area (Å²) in [5.41, 5.74) is 0.832. The summed E-state index contributed by atoms with van der Waals surface area (Å²) >= 11 is 6.15. The highest BCUT2D eigenvalue weighted by Gasteiger charge is 2.30. The van der Waals surface area contributed by atoms with Crippen LogP contribution in [-0.2, 0) is 24.1 Å². The van der Waals surface area contributed by atoms with Crippen LogP contribution in [0.5, 0.6) is 0 Å². The summed E-state index contributed by atoms with van der Waals surface area (Å²) in [6.45, 7) is 0.568. The summed E-state index contributed by atoms with van der Waals surface area (Å²) in [6, 6.07) is 17.3. The van der Waals surface area contributed by atoms with Crippen LogP contribution in [0, 0.1) is 5.92 Å². The minimum Gasteiger partial charge on any atom is -0.358 e. The van der Waals surface area contributed by atoms with Gasteiger partial charge in [-0.2, -0.15) is 23.1 Å². The molecule has 1 atom stereocenters. The van der Waals surface area contributed by atoms with E-state index in [4.69, 9.17) is 11.6 Å². The van der Waals surface area contributed by atoms with Crippen LogP contribution in [0.2, 0.25) is 5.02 Å². The molecule has 0 saturated heterocycles. The van der Waals surface area contributed by atoms with E-state index in [1.807, 2.05) is 53.4 Å². The first kappa shape index (κ1) is 30.4. The number of benzene rings is 2. The number of alkyl halides is 3. The molecule has 4 aromatic rings. The summed E-state index contributed by atoms with van der Waals surface area (Å²) in [7, 11) is 0. The Morgan fingerprint density at radius 1 is 0.930 bits per heavy atom. The van der Waals surface area contributed by atoms with Crippen LogP contribution in [0.4, 0.5) is 24.9 Å². The highest BCUT2D eigenvalue weighted by Crippen LogP contribution is 2.30. The third kappa shape index (κ3) is 8.73. The zero-order valence-corrected chi connectivity index (χ0v) is 24.3. The van der Waals surface area contributed by atoms with Crippen molar-refractivity contribution >= 4 is 29.3 Å². The van der Waals surface area contributed by atoms with E-state index < -0.39 is 17.8 Å². The molecule has 0 aliphatic heterocycles. The molecule has 3 N–H and O–H groups in total. The molecule has 0 radical (unpaired) electrons. The summed E-state index contributed by atoms with van der Waals surface area (Å²) in [5, 5.41) is 10.2. The standard InChI is InChI=1S/C32H34ClF3N6O/c33-26-10-6-9-24(17-26)21-38-31-40-28(19-29(41-31)42-15-4-5-16-42)39-27(18-22-7-2-1-3-8-22)30(43)37-20-23-11-13-25(14-12-23)32(34,35)36/h4-6,9-17,19,22,27H,1-3,7-8,18,20-21H2,(H,37,43)(H2,38,39,40,41)/t27-/m1/s1. The van der Waals surface area contributed by atoms with Gasteiger partial charge in [0.25, 0.3) is 0 Å². The molecule has 11 heteroatoms. The Morgan fingerprint density at radius 2 is 1.67 bits per heavy atom. The molecule has 2 aromatic carbocycles. The van der Waals surface area contributed by atoms with Gasteiger partial charge in [0.2, 0.25) is 11.9 Å². The molecule has 1 fully saturated rings. The molecule has 1 saturated carbocycles. The summed E-state index contributed by atoms with van der Waals surface area (Å²) in [6.07, 6.45) is 5.53. The monoisotopic (exact) mass is 610 g/mol. The van der Waals surface area contributed by atoms with E-state index in [1.165, 1.54) is 18.6 Å². The van der Waals surface area contributed by atoms with E-state index in [0.717, 1.165) is 43.4 Å². The minimum atomic E-state index is -4.41. The van der Waals surface area contributed by atoms with Gasteiger partial charge in [-0.15, -0.1) is 0 Å². The molecule has 226 valence electrons. The zero-order valence-electron chi connectivity index (χ0n) is 23.6. The molecule has 7 nitrogen and oxygen atoms in total. The average Bonchev–Trinajstić information content (AvgIpc) is 3.54. The van der Waals surface area contributed by atoms with Gasteiger partial charge in [-0.25, -0.2) is 0 Å². The van der Waals surface area contributed by atoms with Gasteiger partial charge in [-0.1, -0.05) is 68.0 Å². The lowest BCUT2D eigenvalue weighted by molar-refractivity contribution is -0.137. The van der Waals surface area contributed by atoms with Gasteiger partial charge in [0.15, 0.2) is 0 Å². The van der Waals surface area contributed by atoms with E-state index in [0.29, 0.717) is 47.1 Å². The van der Waals surface area contributed by atoms with E-state index in [-0.39, 0.29) is 12.5 Å². The summed E-state index contributed by atoms with van der Waals surface area (Å²) in [5.74, 6) is 1.64. The lowest BCUT2D eigenvalue weighted by Crippen LogP contribution is -2.41. The number of carbonyl (C=O) groups is 1. The highest BCUT2D eigenvalue weighted by molar-refractivity contribution is 6.30. The molecular weight excluding hydrogens is 577 g/mol. The SMILES string of the molecule is O=C(NCc1ccc(C(F)(F)F)cc1)[C@@H](CC1CCCCC1)Nc1cc(-n2cccc2)nc(NCc2cccc(Cl)c2)n1. The Bertz CT molecular complexity index is 1490. The van der Waals surface area contributed by atoms with Crippen molar-refractivity contribution < 1.29 is 18.0 Å². The number of rotatable bonds is 11. The van der Waals surface area contributed by atoms with Crippen LogP contribution in [0.15, 0.2) is 79.1 Å². The lowest BCUT2D eigenvalue weighted by Gasteiger charge is -2.27. The Kier molecular flexibility index (Phi) is 9.86. The fourth-order valence-electron chi connectivity index (χ4n) is 5.33. The molecule has 0 spiro atoms. The number of aromatic nitrogens is 3. The third-order valence-electron chi connectivity index (χ3n) is 7.60. The fraction of sp³-hybridized carbons (Fsp3) is 0.344. The van der Waals surface area contributed by atoms with Gasteiger partial charge in [0, 0.05) is 36.6 Å². The second-order valence-electron chi connectivity index (χ2n) is 10.9.